The smallest absolute Gasteiger partial charge is 0.238 e. The molecule has 3 N–H and O–H groups in total. The summed E-state index contributed by atoms with van der Waals surface area (Å²) in [5, 5.41) is 8.21. The van der Waals surface area contributed by atoms with Crippen LogP contribution < -0.4 is 10.5 Å². The average Bonchev–Trinajstić information content (AvgIpc) is 3.17. The van der Waals surface area contributed by atoms with Gasteiger partial charge < -0.3 is 10.1 Å². The fourth-order valence-corrected chi connectivity index (χ4v) is 4.53. The number of sulfonamides is 1. The van der Waals surface area contributed by atoms with Crippen molar-refractivity contribution in [2.75, 3.05) is 31.6 Å². The lowest BCUT2D eigenvalue weighted by atomic mass is 10.3. The molecular formula is C19H21N5O3S2. The van der Waals surface area contributed by atoms with Gasteiger partial charge in [0, 0.05) is 36.4 Å². The topological polar surface area (TPSA) is 110 Å². The van der Waals surface area contributed by atoms with Gasteiger partial charge in [-0.05, 0) is 42.5 Å². The zero-order valence-electron chi connectivity index (χ0n) is 15.6. The molecule has 1 aromatic carbocycles. The van der Waals surface area contributed by atoms with Crippen molar-refractivity contribution in [1.29, 1.82) is 0 Å². The molecular weight excluding hydrogens is 410 g/mol. The molecule has 4 rings (SSSR count). The van der Waals surface area contributed by atoms with Crippen molar-refractivity contribution in [3.8, 4) is 10.6 Å². The van der Waals surface area contributed by atoms with Gasteiger partial charge >= 0.3 is 0 Å². The Hall–Kier alpha value is -2.37. The zero-order valence-corrected chi connectivity index (χ0v) is 17.2. The molecule has 3 aromatic rings. The predicted octanol–water partition coefficient (Wildman–Crippen LogP) is 2.43. The quantitative estimate of drug-likeness (QED) is 0.617. The number of primary sulfonamides is 1. The number of thiophene rings is 1. The zero-order chi connectivity index (χ0) is 20.3. The molecule has 152 valence electrons. The third kappa shape index (κ3) is 5.17. The third-order valence-corrected chi connectivity index (χ3v) is 6.51. The number of ether oxygens (including phenoxy) is 1. The van der Waals surface area contributed by atoms with E-state index in [1.54, 1.807) is 29.7 Å². The van der Waals surface area contributed by atoms with E-state index in [1.165, 1.54) is 17.0 Å². The number of hydrogen-bond donors (Lipinski definition) is 2. The molecule has 2 aromatic heterocycles. The van der Waals surface area contributed by atoms with Gasteiger partial charge in [-0.15, -0.1) is 11.3 Å². The molecule has 8 nitrogen and oxygen atoms in total. The number of rotatable bonds is 6. The summed E-state index contributed by atoms with van der Waals surface area (Å²) < 4.78 is 28.1. The second-order valence-electron chi connectivity index (χ2n) is 6.61. The van der Waals surface area contributed by atoms with Crippen molar-refractivity contribution < 1.29 is 13.2 Å². The van der Waals surface area contributed by atoms with Crippen molar-refractivity contribution >= 4 is 33.0 Å². The molecule has 10 heteroatoms. The Morgan fingerprint density at radius 2 is 1.86 bits per heavy atom. The highest BCUT2D eigenvalue weighted by atomic mass is 32.2. The first-order valence-corrected chi connectivity index (χ1v) is 11.5. The fraction of sp³-hybridized carbons (Fsp3) is 0.263. The summed E-state index contributed by atoms with van der Waals surface area (Å²) in [5.74, 6) is 0.439. The second kappa shape index (κ2) is 8.56. The van der Waals surface area contributed by atoms with Gasteiger partial charge in [-0.1, -0.05) is 0 Å². The molecule has 0 amide bonds. The monoisotopic (exact) mass is 431 g/mol. The summed E-state index contributed by atoms with van der Waals surface area (Å²) in [6, 6.07) is 12.2. The lowest BCUT2D eigenvalue weighted by molar-refractivity contribution is 0.0346. The number of nitrogens with two attached hydrogens (primary N) is 1. The minimum Gasteiger partial charge on any atom is -0.379 e. The van der Waals surface area contributed by atoms with Crippen LogP contribution in [0.1, 0.15) is 4.88 Å². The van der Waals surface area contributed by atoms with Crippen LogP contribution in [0.4, 0.5) is 11.6 Å². The van der Waals surface area contributed by atoms with Crippen molar-refractivity contribution in [2.45, 2.75) is 11.4 Å². The Balaban J connectivity index is 1.46. The molecule has 0 radical (unpaired) electrons. The van der Waals surface area contributed by atoms with Gasteiger partial charge in [-0.25, -0.2) is 23.5 Å². The van der Waals surface area contributed by atoms with Crippen LogP contribution in [0.25, 0.3) is 10.6 Å². The number of hydrogen-bond acceptors (Lipinski definition) is 8. The first-order valence-electron chi connectivity index (χ1n) is 9.09. The van der Waals surface area contributed by atoms with Gasteiger partial charge in [0.05, 0.1) is 28.7 Å². The number of aromatic nitrogens is 2. The van der Waals surface area contributed by atoms with Gasteiger partial charge in [0.15, 0.2) is 0 Å². The number of nitrogens with zero attached hydrogens (tertiary/aromatic N) is 3. The van der Waals surface area contributed by atoms with E-state index >= 15 is 0 Å². The molecule has 1 aliphatic heterocycles. The van der Waals surface area contributed by atoms with Crippen LogP contribution in [0.3, 0.4) is 0 Å². The van der Waals surface area contributed by atoms with E-state index in [1.807, 2.05) is 6.07 Å². The number of morpholine rings is 1. The van der Waals surface area contributed by atoms with Crippen molar-refractivity contribution in [3.63, 3.8) is 0 Å². The summed E-state index contributed by atoms with van der Waals surface area (Å²) in [6.45, 7) is 4.41. The van der Waals surface area contributed by atoms with E-state index in [9.17, 15) is 8.42 Å². The fourth-order valence-electron chi connectivity index (χ4n) is 2.99. The number of benzene rings is 1. The number of anilines is 2. The SMILES string of the molecule is NS(=O)(=O)c1ccc(Nc2nccc(-c3ccc(CN4CCOCC4)s3)n2)cc1. The third-order valence-electron chi connectivity index (χ3n) is 4.49. The lowest BCUT2D eigenvalue weighted by Crippen LogP contribution is -2.35. The highest BCUT2D eigenvalue weighted by Gasteiger charge is 2.13. The van der Waals surface area contributed by atoms with Crippen molar-refractivity contribution in [1.82, 2.24) is 14.9 Å². The molecule has 0 saturated carbocycles. The van der Waals surface area contributed by atoms with Crippen LogP contribution in [0, 0.1) is 0 Å². The van der Waals surface area contributed by atoms with E-state index < -0.39 is 10.0 Å². The molecule has 0 aliphatic carbocycles. The van der Waals surface area contributed by atoms with Gasteiger partial charge in [-0.3, -0.25) is 4.90 Å². The van der Waals surface area contributed by atoms with E-state index in [0.29, 0.717) is 11.6 Å². The Morgan fingerprint density at radius 1 is 1.10 bits per heavy atom. The van der Waals surface area contributed by atoms with Gasteiger partial charge in [0.2, 0.25) is 16.0 Å². The van der Waals surface area contributed by atoms with E-state index in [4.69, 9.17) is 9.88 Å². The summed E-state index contributed by atoms with van der Waals surface area (Å²) >= 11 is 1.72. The van der Waals surface area contributed by atoms with Crippen LogP contribution >= 0.6 is 11.3 Å². The van der Waals surface area contributed by atoms with Crippen LogP contribution in [0.15, 0.2) is 53.6 Å². The van der Waals surface area contributed by atoms with Crippen LogP contribution in [-0.2, 0) is 21.3 Å². The molecule has 1 saturated heterocycles. The van der Waals surface area contributed by atoms with Gasteiger partial charge in [0.25, 0.3) is 0 Å². The first kappa shape index (κ1) is 19.9. The summed E-state index contributed by atoms with van der Waals surface area (Å²) in [5.41, 5.74) is 1.51. The van der Waals surface area contributed by atoms with E-state index in [2.05, 4.69) is 32.3 Å². The molecule has 3 heterocycles. The maximum atomic E-state index is 11.4. The van der Waals surface area contributed by atoms with Crippen molar-refractivity contribution in [3.05, 3.63) is 53.5 Å². The molecule has 29 heavy (non-hydrogen) atoms. The standard InChI is InChI=1S/C19H21N5O3S2/c20-29(25,26)16-4-1-14(2-5-16)22-19-21-8-7-17(23-19)18-6-3-15(28-18)13-24-9-11-27-12-10-24/h1-8H,9-13H2,(H2,20,25,26)(H,21,22,23). The summed E-state index contributed by atoms with van der Waals surface area (Å²) in [4.78, 5) is 13.6. The molecule has 0 spiro atoms. The Kier molecular flexibility index (Phi) is 5.88. The molecule has 0 atom stereocenters. The molecule has 1 aliphatic rings. The highest BCUT2D eigenvalue weighted by molar-refractivity contribution is 7.89. The molecule has 1 fully saturated rings. The predicted molar refractivity (Wildman–Crippen MR) is 113 cm³/mol. The minimum atomic E-state index is -3.71. The van der Waals surface area contributed by atoms with E-state index in [0.717, 1.165) is 43.4 Å². The number of nitrogens with one attached hydrogen (secondary N) is 1. The maximum absolute atomic E-state index is 11.4. The highest BCUT2D eigenvalue weighted by Crippen LogP contribution is 2.28. The molecule has 0 unspecified atom stereocenters. The minimum absolute atomic E-state index is 0.0594. The summed E-state index contributed by atoms with van der Waals surface area (Å²) in [6.07, 6.45) is 1.70. The first-order chi connectivity index (χ1) is 14.0. The lowest BCUT2D eigenvalue weighted by Gasteiger charge is -2.25. The Bertz CT molecular complexity index is 1080. The average molecular weight is 432 g/mol. The Labute approximate surface area is 173 Å². The second-order valence-corrected chi connectivity index (χ2v) is 9.34. The van der Waals surface area contributed by atoms with E-state index in [-0.39, 0.29) is 4.90 Å². The van der Waals surface area contributed by atoms with Gasteiger partial charge in [-0.2, -0.15) is 0 Å². The van der Waals surface area contributed by atoms with Crippen LogP contribution in [0.5, 0.6) is 0 Å². The maximum Gasteiger partial charge on any atom is 0.238 e. The Morgan fingerprint density at radius 3 is 2.59 bits per heavy atom. The summed E-state index contributed by atoms with van der Waals surface area (Å²) in [7, 11) is -3.71. The van der Waals surface area contributed by atoms with Crippen LogP contribution in [0.2, 0.25) is 0 Å². The largest absolute Gasteiger partial charge is 0.379 e. The van der Waals surface area contributed by atoms with Crippen molar-refractivity contribution in [2.24, 2.45) is 5.14 Å². The molecule has 0 bridgehead atoms. The van der Waals surface area contributed by atoms with Crippen LogP contribution in [-0.4, -0.2) is 49.6 Å². The van der Waals surface area contributed by atoms with Gasteiger partial charge in [0.1, 0.15) is 0 Å². The normalized spacial score (nSPS) is 15.3.